The van der Waals surface area contributed by atoms with E-state index in [1.165, 1.54) is 0 Å². The minimum absolute atomic E-state index is 0.285. The van der Waals surface area contributed by atoms with Gasteiger partial charge in [-0.05, 0) is 39.2 Å². The first-order valence-corrected chi connectivity index (χ1v) is 9.65. The van der Waals surface area contributed by atoms with Crippen LogP contribution >= 0.6 is 15.9 Å². The van der Waals surface area contributed by atoms with Crippen molar-refractivity contribution in [2.75, 3.05) is 0 Å². The number of benzene rings is 2. The molecule has 0 aliphatic carbocycles. The second-order valence-corrected chi connectivity index (χ2v) is 7.28. The van der Waals surface area contributed by atoms with Gasteiger partial charge in [-0.25, -0.2) is 4.98 Å². The summed E-state index contributed by atoms with van der Waals surface area (Å²) in [5.74, 6) is -0.348. The van der Waals surface area contributed by atoms with Gasteiger partial charge in [-0.2, -0.15) is 0 Å². The first-order chi connectivity index (χ1) is 13.6. The molecule has 5 nitrogen and oxygen atoms in total. The van der Waals surface area contributed by atoms with Crippen LogP contribution in [-0.4, -0.2) is 20.4 Å². The average molecular weight is 436 g/mol. The van der Waals surface area contributed by atoms with Crippen molar-refractivity contribution in [2.45, 2.75) is 12.1 Å². The second-order valence-electron chi connectivity index (χ2n) is 6.43. The molecule has 0 bridgehead atoms. The fraction of sp³-hybridized carbons (Fsp3) is 0.0909. The van der Waals surface area contributed by atoms with Gasteiger partial charge in [0.15, 0.2) is 5.65 Å². The summed E-state index contributed by atoms with van der Waals surface area (Å²) in [6.45, 7) is 0. The van der Waals surface area contributed by atoms with Crippen LogP contribution in [0.15, 0.2) is 89.7 Å². The topological polar surface area (TPSA) is 66.6 Å². The maximum atomic E-state index is 12.9. The maximum Gasteiger partial charge on any atom is 0.272 e. The Morgan fingerprint density at radius 1 is 0.964 bits per heavy atom. The van der Waals surface area contributed by atoms with Crippen molar-refractivity contribution >= 4 is 27.5 Å². The highest BCUT2D eigenvalue weighted by atomic mass is 79.9. The molecule has 0 aliphatic rings. The zero-order chi connectivity index (χ0) is 19.5. The second kappa shape index (κ2) is 7.96. The van der Waals surface area contributed by atoms with Crippen molar-refractivity contribution in [1.82, 2.24) is 14.7 Å². The van der Waals surface area contributed by atoms with Gasteiger partial charge in [0.25, 0.3) is 5.91 Å². The molecule has 6 heteroatoms. The minimum Gasteiger partial charge on any atom is -0.386 e. The molecule has 2 heterocycles. The zero-order valence-electron chi connectivity index (χ0n) is 14.9. The highest BCUT2D eigenvalue weighted by molar-refractivity contribution is 9.10. The van der Waals surface area contributed by atoms with Crippen molar-refractivity contribution in [3.05, 3.63) is 106 Å². The first kappa shape index (κ1) is 18.4. The fourth-order valence-electron chi connectivity index (χ4n) is 3.15. The van der Waals surface area contributed by atoms with Gasteiger partial charge in [-0.3, -0.25) is 4.79 Å². The number of carbonyl (C=O) groups excluding carboxylic acids is 1. The molecule has 1 amide bonds. The van der Waals surface area contributed by atoms with E-state index in [4.69, 9.17) is 0 Å². The number of fused-ring (bicyclic) bond motifs is 1. The van der Waals surface area contributed by atoms with Crippen molar-refractivity contribution in [3.63, 3.8) is 0 Å². The normalized spacial score (nSPS) is 13.2. The third-order valence-electron chi connectivity index (χ3n) is 4.57. The summed E-state index contributed by atoms with van der Waals surface area (Å²) in [7, 11) is 0. The molecule has 2 atom stereocenters. The van der Waals surface area contributed by atoms with E-state index in [2.05, 4.69) is 26.2 Å². The molecule has 2 aromatic carbocycles. The highest BCUT2D eigenvalue weighted by Crippen LogP contribution is 2.29. The van der Waals surface area contributed by atoms with Crippen molar-refractivity contribution in [3.8, 4) is 0 Å². The number of imidazole rings is 1. The van der Waals surface area contributed by atoms with Gasteiger partial charge < -0.3 is 14.8 Å². The summed E-state index contributed by atoms with van der Waals surface area (Å²) >= 11 is 3.45. The van der Waals surface area contributed by atoms with Crippen LogP contribution in [0, 0.1) is 0 Å². The number of nitrogens with zero attached hydrogens (tertiary/aromatic N) is 2. The Labute approximate surface area is 170 Å². The van der Waals surface area contributed by atoms with Gasteiger partial charge >= 0.3 is 0 Å². The highest BCUT2D eigenvalue weighted by Gasteiger charge is 2.26. The van der Waals surface area contributed by atoms with E-state index in [-0.39, 0.29) is 11.6 Å². The lowest BCUT2D eigenvalue weighted by Crippen LogP contribution is -2.33. The molecule has 0 radical (unpaired) electrons. The summed E-state index contributed by atoms with van der Waals surface area (Å²) in [5.41, 5.74) is 2.49. The number of hydrogen-bond acceptors (Lipinski definition) is 3. The summed E-state index contributed by atoms with van der Waals surface area (Å²) in [6, 6.07) is 21.9. The molecule has 0 spiro atoms. The summed E-state index contributed by atoms with van der Waals surface area (Å²) in [5, 5.41) is 13.9. The van der Waals surface area contributed by atoms with Gasteiger partial charge in [-0.1, -0.05) is 60.7 Å². The van der Waals surface area contributed by atoms with Crippen LogP contribution in [0.4, 0.5) is 0 Å². The molecule has 0 aliphatic heterocycles. The van der Waals surface area contributed by atoms with Crippen LogP contribution in [0.2, 0.25) is 0 Å². The van der Waals surface area contributed by atoms with E-state index < -0.39 is 12.1 Å². The van der Waals surface area contributed by atoms with Crippen molar-refractivity contribution < 1.29 is 9.90 Å². The molecule has 0 unspecified atom stereocenters. The largest absolute Gasteiger partial charge is 0.386 e. The van der Waals surface area contributed by atoms with E-state index in [1.807, 2.05) is 79.0 Å². The maximum absolute atomic E-state index is 12.9. The molecular weight excluding hydrogens is 418 g/mol. The van der Waals surface area contributed by atoms with E-state index in [0.29, 0.717) is 5.65 Å². The van der Waals surface area contributed by atoms with E-state index >= 15 is 0 Å². The average Bonchev–Trinajstić information content (AvgIpc) is 3.19. The Hall–Kier alpha value is -2.96. The Morgan fingerprint density at radius 2 is 1.61 bits per heavy atom. The molecule has 0 fully saturated rings. The molecule has 4 aromatic rings. The molecule has 4 rings (SSSR count). The first-order valence-electron chi connectivity index (χ1n) is 8.85. The Morgan fingerprint density at radius 3 is 2.25 bits per heavy atom. The summed E-state index contributed by atoms with van der Waals surface area (Å²) in [6.07, 6.45) is 2.61. The van der Waals surface area contributed by atoms with Gasteiger partial charge in [0.05, 0.1) is 10.5 Å². The van der Waals surface area contributed by atoms with Gasteiger partial charge in [0, 0.05) is 12.4 Å². The number of rotatable bonds is 5. The number of aromatic nitrogens is 2. The molecule has 2 aromatic heterocycles. The molecule has 2 N–H and O–H groups in total. The van der Waals surface area contributed by atoms with E-state index in [1.54, 1.807) is 10.6 Å². The third-order valence-corrected chi connectivity index (χ3v) is 5.19. The molecule has 28 heavy (non-hydrogen) atoms. The number of aliphatic hydroxyl groups is 1. The monoisotopic (exact) mass is 435 g/mol. The van der Waals surface area contributed by atoms with Crippen molar-refractivity contribution in [2.24, 2.45) is 0 Å². The fourth-order valence-corrected chi connectivity index (χ4v) is 3.60. The summed E-state index contributed by atoms with van der Waals surface area (Å²) < 4.78 is 2.59. The van der Waals surface area contributed by atoms with E-state index in [0.717, 1.165) is 15.6 Å². The van der Waals surface area contributed by atoms with Crippen LogP contribution in [0.1, 0.15) is 33.8 Å². The number of aliphatic hydroxyl groups excluding tert-OH is 1. The number of carbonyl (C=O) groups is 1. The lowest BCUT2D eigenvalue weighted by atomic mass is 9.95. The van der Waals surface area contributed by atoms with Crippen LogP contribution < -0.4 is 5.32 Å². The molecular formula is C22H18BrN3O2. The SMILES string of the molecule is O=C(N[C@H](c1ccccc1)[C@@H](O)c1ccccc1)c1cn2cccc(Br)c2n1. The number of hydrogen-bond donors (Lipinski definition) is 2. The van der Waals surface area contributed by atoms with Gasteiger partial charge in [0.1, 0.15) is 11.8 Å². The lowest BCUT2D eigenvalue weighted by Gasteiger charge is -2.24. The minimum atomic E-state index is -0.892. The number of pyridine rings is 1. The number of amides is 1. The molecule has 0 saturated carbocycles. The number of nitrogens with one attached hydrogen (secondary N) is 1. The Bertz CT molecular complexity index is 1100. The van der Waals surface area contributed by atoms with Crippen LogP contribution in [0.25, 0.3) is 5.65 Å². The van der Waals surface area contributed by atoms with E-state index in [9.17, 15) is 9.90 Å². The smallest absolute Gasteiger partial charge is 0.272 e. The number of halogens is 1. The predicted octanol–water partition coefficient (Wildman–Crippen LogP) is 4.30. The Kier molecular flexibility index (Phi) is 5.23. The standard InChI is InChI=1S/C22H18BrN3O2/c23-17-12-7-13-26-14-18(24-21(17)26)22(28)25-19(15-8-3-1-4-9-15)20(27)16-10-5-2-6-11-16/h1-14,19-20,27H,(H,25,28)/t19-,20+/m1/s1. The van der Waals surface area contributed by atoms with Gasteiger partial charge in [-0.15, -0.1) is 0 Å². The van der Waals surface area contributed by atoms with Crippen LogP contribution in [0.3, 0.4) is 0 Å². The zero-order valence-corrected chi connectivity index (χ0v) is 16.5. The quantitative estimate of drug-likeness (QED) is 0.490. The van der Waals surface area contributed by atoms with Gasteiger partial charge in [0.2, 0.25) is 0 Å². The Balaban J connectivity index is 1.66. The summed E-state index contributed by atoms with van der Waals surface area (Å²) in [4.78, 5) is 17.3. The van der Waals surface area contributed by atoms with Crippen LogP contribution in [-0.2, 0) is 0 Å². The lowest BCUT2D eigenvalue weighted by molar-refractivity contribution is 0.0827. The predicted molar refractivity (Wildman–Crippen MR) is 111 cm³/mol. The molecule has 0 saturated heterocycles. The molecule has 140 valence electrons. The van der Waals surface area contributed by atoms with Crippen LogP contribution in [0.5, 0.6) is 0 Å². The van der Waals surface area contributed by atoms with Crippen molar-refractivity contribution in [1.29, 1.82) is 0 Å². The third kappa shape index (κ3) is 3.69.